The van der Waals surface area contributed by atoms with Crippen LogP contribution in [0.3, 0.4) is 0 Å². The van der Waals surface area contributed by atoms with Crippen molar-refractivity contribution in [2.24, 2.45) is 12.8 Å². The third kappa shape index (κ3) is 2.82. The Kier molecular flexibility index (Phi) is 3.39. The normalized spacial score (nSPS) is 10.2. The molecule has 0 radical (unpaired) electrons. The Labute approximate surface area is 105 Å². The molecule has 0 fully saturated rings. The van der Waals surface area contributed by atoms with E-state index in [4.69, 9.17) is 18.0 Å². The zero-order valence-electron chi connectivity index (χ0n) is 9.55. The van der Waals surface area contributed by atoms with Gasteiger partial charge in [0.1, 0.15) is 4.99 Å². The lowest BCUT2D eigenvalue weighted by Gasteiger charge is -2.09. The Morgan fingerprint density at radius 2 is 2.18 bits per heavy atom. The standard InChI is InChI=1S/C12H14N4S/c1-16-7-6-9(15-16)8-14-11-5-3-2-4-10(11)12(13)17/h2-7,14H,8H2,1H3,(H2,13,17). The van der Waals surface area contributed by atoms with Crippen LogP contribution in [0, 0.1) is 0 Å². The van der Waals surface area contributed by atoms with Crippen LogP contribution in [-0.4, -0.2) is 14.8 Å². The molecule has 4 nitrogen and oxygen atoms in total. The van der Waals surface area contributed by atoms with Crippen LogP contribution in [0.4, 0.5) is 5.69 Å². The third-order valence-corrected chi connectivity index (χ3v) is 2.64. The maximum Gasteiger partial charge on any atom is 0.106 e. The van der Waals surface area contributed by atoms with Gasteiger partial charge in [0, 0.05) is 24.5 Å². The fourth-order valence-corrected chi connectivity index (χ4v) is 1.77. The van der Waals surface area contributed by atoms with Crippen molar-refractivity contribution in [3.63, 3.8) is 0 Å². The largest absolute Gasteiger partial charge is 0.389 e. The number of hydrogen-bond donors (Lipinski definition) is 2. The summed E-state index contributed by atoms with van der Waals surface area (Å²) in [6.45, 7) is 0.653. The van der Waals surface area contributed by atoms with Crippen LogP contribution in [0.25, 0.3) is 0 Å². The number of aryl methyl sites for hydroxylation is 1. The van der Waals surface area contributed by atoms with Crippen molar-refractivity contribution < 1.29 is 0 Å². The fraction of sp³-hybridized carbons (Fsp3) is 0.167. The van der Waals surface area contributed by atoms with Crippen molar-refractivity contribution in [1.82, 2.24) is 9.78 Å². The molecule has 5 heteroatoms. The average Bonchev–Trinajstić information content (AvgIpc) is 2.73. The van der Waals surface area contributed by atoms with Gasteiger partial charge in [0.15, 0.2) is 0 Å². The van der Waals surface area contributed by atoms with Crippen LogP contribution in [-0.2, 0) is 13.6 Å². The lowest BCUT2D eigenvalue weighted by molar-refractivity contribution is 0.747. The fourth-order valence-electron chi connectivity index (χ4n) is 1.60. The van der Waals surface area contributed by atoms with E-state index in [0.717, 1.165) is 16.9 Å². The summed E-state index contributed by atoms with van der Waals surface area (Å²) in [5.74, 6) is 0. The first-order chi connectivity index (χ1) is 8.16. The second-order valence-electron chi connectivity index (χ2n) is 3.74. The number of para-hydroxylation sites is 1. The SMILES string of the molecule is Cn1ccc(CNc2ccccc2C(N)=S)n1. The van der Waals surface area contributed by atoms with Crippen molar-refractivity contribution >= 4 is 22.9 Å². The molecule has 0 atom stereocenters. The zero-order valence-corrected chi connectivity index (χ0v) is 10.4. The molecule has 3 N–H and O–H groups in total. The van der Waals surface area contributed by atoms with E-state index in [2.05, 4.69) is 10.4 Å². The maximum absolute atomic E-state index is 5.66. The summed E-state index contributed by atoms with van der Waals surface area (Å²) in [7, 11) is 1.90. The minimum atomic E-state index is 0.397. The van der Waals surface area contributed by atoms with E-state index < -0.39 is 0 Å². The van der Waals surface area contributed by atoms with Gasteiger partial charge in [0.25, 0.3) is 0 Å². The molecule has 0 aliphatic heterocycles. The minimum absolute atomic E-state index is 0.397. The summed E-state index contributed by atoms with van der Waals surface area (Å²) in [5.41, 5.74) is 8.43. The molecule has 1 heterocycles. The smallest absolute Gasteiger partial charge is 0.106 e. The molecule has 0 unspecified atom stereocenters. The Morgan fingerprint density at radius 1 is 1.41 bits per heavy atom. The van der Waals surface area contributed by atoms with Crippen molar-refractivity contribution in [2.75, 3.05) is 5.32 Å². The first-order valence-electron chi connectivity index (χ1n) is 5.28. The molecule has 0 aliphatic rings. The van der Waals surface area contributed by atoms with Gasteiger partial charge in [-0.1, -0.05) is 24.4 Å². The molecule has 0 saturated carbocycles. The van der Waals surface area contributed by atoms with Crippen LogP contribution in [0.5, 0.6) is 0 Å². The topological polar surface area (TPSA) is 55.9 Å². The van der Waals surface area contributed by atoms with Gasteiger partial charge >= 0.3 is 0 Å². The highest BCUT2D eigenvalue weighted by Crippen LogP contribution is 2.15. The van der Waals surface area contributed by atoms with E-state index in [9.17, 15) is 0 Å². The van der Waals surface area contributed by atoms with Gasteiger partial charge in [0.05, 0.1) is 12.2 Å². The second-order valence-corrected chi connectivity index (χ2v) is 4.18. The molecule has 1 aromatic heterocycles. The molecule has 0 bridgehead atoms. The maximum atomic E-state index is 5.66. The van der Waals surface area contributed by atoms with E-state index in [1.165, 1.54) is 0 Å². The van der Waals surface area contributed by atoms with E-state index in [1.54, 1.807) is 4.68 Å². The molecule has 1 aromatic carbocycles. The molecular weight excluding hydrogens is 232 g/mol. The number of thiocarbonyl (C=S) groups is 1. The lowest BCUT2D eigenvalue weighted by Crippen LogP contribution is -2.13. The molecule has 17 heavy (non-hydrogen) atoms. The molecule has 0 aliphatic carbocycles. The summed E-state index contributed by atoms with van der Waals surface area (Å²) in [6.07, 6.45) is 1.91. The number of benzene rings is 1. The molecular formula is C12H14N4S. The number of aromatic nitrogens is 2. The molecule has 88 valence electrons. The highest BCUT2D eigenvalue weighted by Gasteiger charge is 2.04. The van der Waals surface area contributed by atoms with Gasteiger partial charge in [-0.2, -0.15) is 5.10 Å². The highest BCUT2D eigenvalue weighted by molar-refractivity contribution is 7.80. The van der Waals surface area contributed by atoms with Gasteiger partial charge in [-0.25, -0.2) is 0 Å². The van der Waals surface area contributed by atoms with Crippen molar-refractivity contribution in [2.45, 2.75) is 6.54 Å². The number of nitrogens with one attached hydrogen (secondary N) is 1. The van der Waals surface area contributed by atoms with Crippen molar-refractivity contribution in [1.29, 1.82) is 0 Å². The Bertz CT molecular complexity index is 533. The van der Waals surface area contributed by atoms with E-state index in [1.807, 2.05) is 43.6 Å². The summed E-state index contributed by atoms with van der Waals surface area (Å²) < 4.78 is 1.77. The average molecular weight is 246 g/mol. The van der Waals surface area contributed by atoms with Gasteiger partial charge in [-0.15, -0.1) is 0 Å². The molecule has 2 rings (SSSR count). The summed E-state index contributed by atoms with van der Waals surface area (Å²) in [4.78, 5) is 0.397. The van der Waals surface area contributed by atoms with Gasteiger partial charge in [-0.05, 0) is 18.2 Å². The van der Waals surface area contributed by atoms with Crippen LogP contribution in [0.2, 0.25) is 0 Å². The van der Waals surface area contributed by atoms with E-state index in [0.29, 0.717) is 11.5 Å². The Balaban J connectivity index is 2.11. The third-order valence-electron chi connectivity index (χ3n) is 2.42. The van der Waals surface area contributed by atoms with E-state index in [-0.39, 0.29) is 0 Å². The van der Waals surface area contributed by atoms with Crippen LogP contribution in [0.15, 0.2) is 36.5 Å². The zero-order chi connectivity index (χ0) is 12.3. The molecule has 0 spiro atoms. The number of nitrogens with zero attached hydrogens (tertiary/aromatic N) is 2. The van der Waals surface area contributed by atoms with Crippen LogP contribution < -0.4 is 11.1 Å². The van der Waals surface area contributed by atoms with Gasteiger partial charge in [-0.3, -0.25) is 4.68 Å². The predicted molar refractivity (Wildman–Crippen MR) is 72.9 cm³/mol. The molecule has 0 amide bonds. The van der Waals surface area contributed by atoms with Crippen LogP contribution >= 0.6 is 12.2 Å². The predicted octanol–water partition coefficient (Wildman–Crippen LogP) is 1.67. The Hall–Kier alpha value is -1.88. The molecule has 2 aromatic rings. The summed E-state index contributed by atoms with van der Waals surface area (Å²) >= 11 is 5.00. The minimum Gasteiger partial charge on any atom is -0.389 e. The number of nitrogens with two attached hydrogens (primary N) is 1. The quantitative estimate of drug-likeness (QED) is 0.806. The first-order valence-corrected chi connectivity index (χ1v) is 5.69. The second kappa shape index (κ2) is 4.97. The van der Waals surface area contributed by atoms with Crippen molar-refractivity contribution in [3.05, 3.63) is 47.8 Å². The lowest BCUT2D eigenvalue weighted by atomic mass is 10.2. The van der Waals surface area contributed by atoms with Crippen LogP contribution in [0.1, 0.15) is 11.3 Å². The van der Waals surface area contributed by atoms with Gasteiger partial charge < -0.3 is 11.1 Å². The highest BCUT2D eigenvalue weighted by atomic mass is 32.1. The number of anilines is 1. The summed E-state index contributed by atoms with van der Waals surface area (Å²) in [5, 5.41) is 7.57. The molecule has 0 saturated heterocycles. The number of hydrogen-bond acceptors (Lipinski definition) is 3. The van der Waals surface area contributed by atoms with E-state index >= 15 is 0 Å². The number of rotatable bonds is 4. The Morgan fingerprint density at radius 3 is 2.82 bits per heavy atom. The first kappa shape index (κ1) is 11.6. The monoisotopic (exact) mass is 246 g/mol. The summed E-state index contributed by atoms with van der Waals surface area (Å²) in [6, 6.07) is 9.69. The van der Waals surface area contributed by atoms with Gasteiger partial charge in [0.2, 0.25) is 0 Å². The van der Waals surface area contributed by atoms with Crippen molar-refractivity contribution in [3.8, 4) is 0 Å².